The van der Waals surface area contributed by atoms with Crippen molar-refractivity contribution in [3.63, 3.8) is 0 Å². The number of alkyl halides is 1. The summed E-state index contributed by atoms with van der Waals surface area (Å²) in [5, 5.41) is 0.180. The maximum absolute atomic E-state index is 10.4. The minimum Gasteiger partial charge on any atom is -0.228 e. The Hall–Kier alpha value is 0.590. The van der Waals surface area contributed by atoms with E-state index in [0.29, 0.717) is 11.6 Å². The van der Waals surface area contributed by atoms with Gasteiger partial charge in [0, 0.05) is 17.9 Å². The smallest absolute Gasteiger partial charge is 0.156 e. The lowest BCUT2D eigenvalue weighted by molar-refractivity contribution is 0.606. The number of halogens is 1. The highest BCUT2D eigenvalue weighted by atomic mass is 35.5. The van der Waals surface area contributed by atoms with E-state index in [4.69, 9.17) is 11.6 Å². The Morgan fingerprint density at radius 1 is 1.56 bits per heavy atom. The maximum atomic E-state index is 10.4. The van der Waals surface area contributed by atoms with Crippen LogP contribution in [0.25, 0.3) is 0 Å². The molecule has 0 aromatic rings. The third-order valence-corrected chi connectivity index (χ3v) is 3.80. The van der Waals surface area contributed by atoms with Crippen molar-refractivity contribution in [3.05, 3.63) is 0 Å². The number of sulfone groups is 1. The van der Waals surface area contributed by atoms with E-state index in [1.54, 1.807) is 0 Å². The lowest BCUT2D eigenvalue weighted by Gasteiger charge is -1.93. The zero-order valence-electron chi connectivity index (χ0n) is 5.13. The largest absolute Gasteiger partial charge is 0.228 e. The van der Waals surface area contributed by atoms with E-state index in [1.165, 1.54) is 18.0 Å². The molecule has 0 aliphatic rings. The molecule has 0 aliphatic heterocycles. The molecule has 9 heavy (non-hydrogen) atoms. The third-order valence-electron chi connectivity index (χ3n) is 0.519. The van der Waals surface area contributed by atoms with E-state index in [9.17, 15) is 8.42 Å². The molecule has 0 rings (SSSR count). The molecule has 0 radical (unpaired) electrons. The van der Waals surface area contributed by atoms with Crippen LogP contribution < -0.4 is 0 Å². The topological polar surface area (TPSA) is 34.1 Å². The lowest BCUT2D eigenvalue weighted by Crippen LogP contribution is -1.99. The molecular weight excluding hydrogens is 180 g/mol. The maximum Gasteiger partial charge on any atom is 0.156 e. The molecule has 2 nitrogen and oxygen atoms in total. The van der Waals surface area contributed by atoms with Crippen molar-refractivity contribution in [1.82, 2.24) is 0 Å². The summed E-state index contributed by atoms with van der Waals surface area (Å²) in [7, 11) is -2.79. The summed E-state index contributed by atoms with van der Waals surface area (Å²) >= 11 is 6.66. The van der Waals surface area contributed by atoms with E-state index >= 15 is 0 Å². The number of hydrogen-bond donors (Lipinski definition) is 0. The van der Waals surface area contributed by atoms with E-state index in [-0.39, 0.29) is 5.08 Å². The minimum atomic E-state index is -2.79. The Morgan fingerprint density at radius 3 is 2.44 bits per heavy atom. The summed E-state index contributed by atoms with van der Waals surface area (Å²) in [4.78, 5) is 0. The average Bonchev–Trinajstić information content (AvgIpc) is 1.63. The van der Waals surface area contributed by atoms with E-state index in [2.05, 4.69) is 0 Å². The summed E-state index contributed by atoms with van der Waals surface area (Å²) in [5.41, 5.74) is 0. The van der Waals surface area contributed by atoms with Crippen molar-refractivity contribution in [1.29, 1.82) is 0 Å². The van der Waals surface area contributed by atoms with Crippen LogP contribution in [0.15, 0.2) is 0 Å². The van der Waals surface area contributed by atoms with Gasteiger partial charge in [0.1, 0.15) is 0 Å². The highest BCUT2D eigenvalue weighted by Gasteiger charge is 1.99. The van der Waals surface area contributed by atoms with Crippen LogP contribution in [0.5, 0.6) is 0 Å². The van der Waals surface area contributed by atoms with Gasteiger partial charge in [0.15, 0.2) is 9.84 Å². The van der Waals surface area contributed by atoms with Gasteiger partial charge in [-0.25, -0.2) is 8.42 Å². The monoisotopic (exact) mass is 188 g/mol. The van der Waals surface area contributed by atoms with Gasteiger partial charge < -0.3 is 0 Å². The van der Waals surface area contributed by atoms with E-state index in [0.717, 1.165) is 0 Å². The second-order valence-electron chi connectivity index (χ2n) is 1.64. The molecular formula is C4H9ClO2S2. The average molecular weight is 189 g/mol. The molecule has 0 saturated heterocycles. The van der Waals surface area contributed by atoms with Gasteiger partial charge in [0.25, 0.3) is 0 Å². The summed E-state index contributed by atoms with van der Waals surface area (Å²) in [5.74, 6) is 1.22. The second-order valence-corrected chi connectivity index (χ2v) is 5.63. The van der Waals surface area contributed by atoms with Crippen LogP contribution >= 0.6 is 23.4 Å². The molecule has 0 fully saturated rings. The zero-order chi connectivity index (χ0) is 7.33. The van der Waals surface area contributed by atoms with Gasteiger partial charge in [-0.3, -0.25) is 0 Å². The summed E-state index contributed by atoms with van der Waals surface area (Å²) in [6.45, 7) is 0. The molecule has 0 aliphatic carbocycles. The first kappa shape index (κ1) is 9.59. The normalized spacial score (nSPS) is 11.8. The third kappa shape index (κ3) is 8.59. The van der Waals surface area contributed by atoms with Gasteiger partial charge >= 0.3 is 0 Å². The SMILES string of the molecule is CS(=O)(=O)CSCCCl. The molecule has 56 valence electrons. The van der Waals surface area contributed by atoms with Crippen LogP contribution in [-0.4, -0.2) is 31.4 Å². The van der Waals surface area contributed by atoms with Gasteiger partial charge in [-0.05, 0) is 0 Å². The first-order chi connectivity index (χ1) is 4.06. The predicted octanol–water partition coefficient (Wildman–Crippen LogP) is 0.961. The Morgan fingerprint density at radius 2 is 2.11 bits per heavy atom. The van der Waals surface area contributed by atoms with Crippen LogP contribution in [0.4, 0.5) is 0 Å². The summed E-state index contributed by atoms with van der Waals surface area (Å²) in [6, 6.07) is 0. The summed E-state index contributed by atoms with van der Waals surface area (Å²) < 4.78 is 20.9. The van der Waals surface area contributed by atoms with Gasteiger partial charge in [0.2, 0.25) is 0 Å². The Labute approximate surface area is 64.9 Å². The van der Waals surface area contributed by atoms with Crippen LogP contribution in [0.2, 0.25) is 0 Å². The van der Waals surface area contributed by atoms with Gasteiger partial charge in [-0.2, -0.15) is 0 Å². The van der Waals surface area contributed by atoms with E-state index in [1.807, 2.05) is 0 Å². The second kappa shape index (κ2) is 4.41. The van der Waals surface area contributed by atoms with Crippen molar-refractivity contribution in [3.8, 4) is 0 Å². The fourth-order valence-electron chi connectivity index (χ4n) is 0.265. The number of thioether (sulfide) groups is 1. The van der Waals surface area contributed by atoms with Crippen molar-refractivity contribution in [2.75, 3.05) is 23.0 Å². The minimum absolute atomic E-state index is 0.180. The first-order valence-electron chi connectivity index (χ1n) is 2.37. The molecule has 0 spiro atoms. The fraction of sp³-hybridized carbons (Fsp3) is 1.00. The Kier molecular flexibility index (Phi) is 4.70. The molecule has 5 heteroatoms. The number of hydrogen-bond acceptors (Lipinski definition) is 3. The predicted molar refractivity (Wildman–Crippen MR) is 42.9 cm³/mol. The molecule has 0 saturated carbocycles. The van der Waals surface area contributed by atoms with E-state index < -0.39 is 9.84 Å². The van der Waals surface area contributed by atoms with Crippen molar-refractivity contribution < 1.29 is 8.42 Å². The molecule has 0 bridgehead atoms. The van der Waals surface area contributed by atoms with Gasteiger partial charge in [-0.1, -0.05) is 0 Å². The Balaban J connectivity index is 3.30. The Bertz CT molecular complexity index is 152. The van der Waals surface area contributed by atoms with Crippen LogP contribution in [0.1, 0.15) is 0 Å². The first-order valence-corrected chi connectivity index (χ1v) is 6.12. The van der Waals surface area contributed by atoms with Crippen LogP contribution in [0.3, 0.4) is 0 Å². The quantitative estimate of drug-likeness (QED) is 0.487. The summed E-state index contributed by atoms with van der Waals surface area (Å²) in [6.07, 6.45) is 1.22. The van der Waals surface area contributed by atoms with Gasteiger partial charge in [-0.15, -0.1) is 23.4 Å². The van der Waals surface area contributed by atoms with Gasteiger partial charge in [0.05, 0.1) is 5.08 Å². The molecule has 0 aromatic carbocycles. The molecule has 0 amide bonds. The fourth-order valence-corrected chi connectivity index (χ4v) is 2.38. The lowest BCUT2D eigenvalue weighted by atomic mass is 11.0. The van der Waals surface area contributed by atoms with Crippen molar-refractivity contribution in [2.24, 2.45) is 0 Å². The number of rotatable bonds is 4. The molecule has 0 atom stereocenters. The van der Waals surface area contributed by atoms with Crippen LogP contribution in [0, 0.1) is 0 Å². The highest BCUT2D eigenvalue weighted by Crippen LogP contribution is 2.03. The molecule has 0 N–H and O–H groups in total. The molecule has 0 aromatic heterocycles. The molecule has 0 unspecified atom stereocenters. The van der Waals surface area contributed by atoms with Crippen molar-refractivity contribution >= 4 is 33.2 Å². The highest BCUT2D eigenvalue weighted by molar-refractivity contribution is 8.12. The van der Waals surface area contributed by atoms with Crippen LogP contribution in [-0.2, 0) is 9.84 Å². The molecule has 0 heterocycles. The standard InChI is InChI=1S/C4H9ClO2S2/c1-9(6,7)4-8-3-2-5/h2-4H2,1H3. The zero-order valence-corrected chi connectivity index (χ0v) is 7.52. The van der Waals surface area contributed by atoms with Crippen molar-refractivity contribution in [2.45, 2.75) is 0 Å².